The fourth-order valence-electron chi connectivity index (χ4n) is 3.05. The zero-order chi connectivity index (χ0) is 20.4. The molecular formula is C20H18N2O6S. The number of hydrogen-bond acceptors (Lipinski definition) is 7. The van der Waals surface area contributed by atoms with Crippen LogP contribution in [0.1, 0.15) is 16.6 Å². The lowest BCUT2D eigenvalue weighted by molar-refractivity contribution is -0.116. The predicted molar refractivity (Wildman–Crippen MR) is 104 cm³/mol. The van der Waals surface area contributed by atoms with Crippen molar-refractivity contribution in [3.05, 3.63) is 65.9 Å². The van der Waals surface area contributed by atoms with Crippen molar-refractivity contribution in [2.75, 3.05) is 18.5 Å². The molecule has 0 radical (unpaired) electrons. The molecule has 0 saturated carbocycles. The maximum absolute atomic E-state index is 13.5. The maximum Gasteiger partial charge on any atom is 0.248 e. The minimum atomic E-state index is -4.11. The first kappa shape index (κ1) is 19.0. The Bertz CT molecular complexity index is 1140. The van der Waals surface area contributed by atoms with E-state index < -0.39 is 21.0 Å². The first-order valence-electron chi connectivity index (χ1n) is 8.88. The van der Waals surface area contributed by atoms with Crippen molar-refractivity contribution in [2.24, 2.45) is 0 Å². The summed E-state index contributed by atoms with van der Waals surface area (Å²) in [5.74, 6) is 0.696. The minimum Gasteiger partial charge on any atom is -0.486 e. The fraction of sp³-hybridized carbons (Fsp3) is 0.200. The lowest BCUT2D eigenvalue weighted by Crippen LogP contribution is -2.28. The summed E-state index contributed by atoms with van der Waals surface area (Å²) >= 11 is 0. The summed E-state index contributed by atoms with van der Waals surface area (Å²) in [5.41, 5.74) is 0.333. The van der Waals surface area contributed by atoms with Gasteiger partial charge < -0.3 is 19.3 Å². The molecule has 150 valence electrons. The third-order valence-electron chi connectivity index (χ3n) is 4.37. The Labute approximate surface area is 167 Å². The molecule has 3 aromatic rings. The van der Waals surface area contributed by atoms with Gasteiger partial charge >= 0.3 is 0 Å². The molecule has 0 saturated heterocycles. The van der Waals surface area contributed by atoms with Crippen LogP contribution in [0, 0.1) is 6.92 Å². The Morgan fingerprint density at radius 1 is 1.03 bits per heavy atom. The van der Waals surface area contributed by atoms with Crippen molar-refractivity contribution in [3.63, 3.8) is 0 Å². The zero-order valence-corrected chi connectivity index (χ0v) is 16.3. The van der Waals surface area contributed by atoms with Crippen LogP contribution in [0.15, 0.2) is 64.0 Å². The molecule has 1 aliphatic heterocycles. The van der Waals surface area contributed by atoms with Gasteiger partial charge in [-0.05, 0) is 24.6 Å². The lowest BCUT2D eigenvalue weighted by atomic mass is 10.1. The van der Waals surface area contributed by atoms with Crippen LogP contribution in [-0.4, -0.2) is 32.7 Å². The van der Waals surface area contributed by atoms with E-state index in [0.717, 1.165) is 0 Å². The van der Waals surface area contributed by atoms with E-state index in [1.54, 1.807) is 37.3 Å². The maximum atomic E-state index is 13.5. The second kappa shape index (κ2) is 7.59. The molecule has 1 atom stereocenters. The van der Waals surface area contributed by atoms with E-state index in [1.807, 2.05) is 0 Å². The summed E-state index contributed by atoms with van der Waals surface area (Å²) in [6.45, 7) is 2.39. The number of carbonyl (C=O) groups is 1. The van der Waals surface area contributed by atoms with E-state index in [-0.39, 0.29) is 10.7 Å². The Morgan fingerprint density at radius 2 is 1.76 bits per heavy atom. The Morgan fingerprint density at radius 3 is 2.45 bits per heavy atom. The number of benzene rings is 2. The Kier molecular flexibility index (Phi) is 4.98. The van der Waals surface area contributed by atoms with E-state index in [0.29, 0.717) is 36.0 Å². The summed E-state index contributed by atoms with van der Waals surface area (Å²) < 4.78 is 42.8. The molecule has 0 aliphatic carbocycles. The van der Waals surface area contributed by atoms with Gasteiger partial charge in [-0.15, -0.1) is 0 Å². The number of sulfone groups is 1. The normalized spacial score (nSPS) is 14.2. The third-order valence-corrected chi connectivity index (χ3v) is 6.39. The van der Waals surface area contributed by atoms with E-state index >= 15 is 0 Å². The molecular weight excluding hydrogens is 396 g/mol. The van der Waals surface area contributed by atoms with Crippen molar-refractivity contribution >= 4 is 21.6 Å². The number of aryl methyl sites for hydroxylation is 1. The summed E-state index contributed by atoms with van der Waals surface area (Å²) in [4.78, 5) is 13.0. The van der Waals surface area contributed by atoms with Crippen LogP contribution in [0.25, 0.3) is 0 Å². The molecule has 1 N–H and O–H groups in total. The highest BCUT2D eigenvalue weighted by atomic mass is 32.2. The monoisotopic (exact) mass is 414 g/mol. The number of rotatable bonds is 5. The Balaban J connectivity index is 1.74. The summed E-state index contributed by atoms with van der Waals surface area (Å²) in [6.07, 6.45) is 0. The number of aromatic nitrogens is 1. The first-order chi connectivity index (χ1) is 13.9. The molecule has 1 aromatic heterocycles. The van der Waals surface area contributed by atoms with Crippen LogP contribution in [0.5, 0.6) is 11.5 Å². The molecule has 9 heteroatoms. The number of amides is 1. The number of nitrogens with one attached hydrogen (secondary N) is 1. The van der Waals surface area contributed by atoms with Crippen molar-refractivity contribution in [2.45, 2.75) is 17.1 Å². The molecule has 0 fully saturated rings. The van der Waals surface area contributed by atoms with Gasteiger partial charge in [-0.25, -0.2) is 8.42 Å². The molecule has 0 bridgehead atoms. The molecule has 29 heavy (non-hydrogen) atoms. The summed E-state index contributed by atoms with van der Waals surface area (Å²) in [6, 6.07) is 14.1. The van der Waals surface area contributed by atoms with Gasteiger partial charge in [0, 0.05) is 12.1 Å². The summed E-state index contributed by atoms with van der Waals surface area (Å²) in [5, 5.41) is 4.74. The number of nitrogens with zero attached hydrogens (tertiary/aromatic N) is 1. The van der Waals surface area contributed by atoms with Gasteiger partial charge in [-0.1, -0.05) is 35.5 Å². The van der Waals surface area contributed by atoms with Crippen LogP contribution in [0.2, 0.25) is 0 Å². The van der Waals surface area contributed by atoms with Crippen LogP contribution in [-0.2, 0) is 14.6 Å². The van der Waals surface area contributed by atoms with Gasteiger partial charge in [0.1, 0.15) is 19.0 Å². The summed E-state index contributed by atoms with van der Waals surface area (Å²) in [7, 11) is -4.11. The second-order valence-electron chi connectivity index (χ2n) is 6.45. The van der Waals surface area contributed by atoms with Gasteiger partial charge in [0.25, 0.3) is 0 Å². The molecule has 4 rings (SSSR count). The van der Waals surface area contributed by atoms with Crippen molar-refractivity contribution < 1.29 is 27.2 Å². The zero-order valence-electron chi connectivity index (χ0n) is 15.5. The van der Waals surface area contributed by atoms with Gasteiger partial charge in [-0.2, -0.15) is 0 Å². The highest BCUT2D eigenvalue weighted by Crippen LogP contribution is 2.36. The van der Waals surface area contributed by atoms with Gasteiger partial charge in [-0.3, -0.25) is 4.79 Å². The molecule has 8 nitrogen and oxygen atoms in total. The molecule has 0 spiro atoms. The standard InChI is InChI=1S/C20H18N2O6S/c1-13-11-18(22-28-13)21-20(23)19(14-5-3-2-4-6-14)29(24,25)15-7-8-16-17(12-15)27-10-9-26-16/h2-8,11-12,19H,9-10H2,1H3,(H,21,22,23)/t19-/m1/s1. The van der Waals surface area contributed by atoms with Crippen molar-refractivity contribution in [1.29, 1.82) is 0 Å². The SMILES string of the molecule is Cc1cc(NC(=O)[C@@H](c2ccccc2)S(=O)(=O)c2ccc3c(c2)OCCO3)no1. The number of fused-ring (bicyclic) bond motifs is 1. The second-order valence-corrected chi connectivity index (χ2v) is 8.49. The van der Waals surface area contributed by atoms with E-state index in [4.69, 9.17) is 14.0 Å². The molecule has 1 aliphatic rings. The average molecular weight is 414 g/mol. The largest absolute Gasteiger partial charge is 0.486 e. The number of hydrogen-bond donors (Lipinski definition) is 1. The van der Waals surface area contributed by atoms with Crippen molar-refractivity contribution in [1.82, 2.24) is 5.16 Å². The van der Waals surface area contributed by atoms with E-state index in [2.05, 4.69) is 10.5 Å². The molecule has 2 aromatic carbocycles. The molecule has 2 heterocycles. The average Bonchev–Trinajstić information content (AvgIpc) is 3.12. The Hall–Kier alpha value is -3.33. The smallest absolute Gasteiger partial charge is 0.248 e. The quantitative estimate of drug-likeness (QED) is 0.684. The topological polar surface area (TPSA) is 108 Å². The third kappa shape index (κ3) is 3.81. The van der Waals surface area contributed by atoms with E-state index in [9.17, 15) is 13.2 Å². The highest BCUT2D eigenvalue weighted by molar-refractivity contribution is 7.92. The van der Waals surface area contributed by atoms with Gasteiger partial charge in [0.05, 0.1) is 4.90 Å². The van der Waals surface area contributed by atoms with Gasteiger partial charge in [0.15, 0.2) is 32.4 Å². The lowest BCUT2D eigenvalue weighted by Gasteiger charge is -2.21. The van der Waals surface area contributed by atoms with Crippen LogP contribution >= 0.6 is 0 Å². The van der Waals surface area contributed by atoms with Crippen molar-refractivity contribution in [3.8, 4) is 11.5 Å². The molecule has 1 amide bonds. The molecule has 0 unspecified atom stereocenters. The highest BCUT2D eigenvalue weighted by Gasteiger charge is 2.36. The predicted octanol–water partition coefficient (Wildman–Crippen LogP) is 2.91. The fourth-order valence-corrected chi connectivity index (χ4v) is 4.71. The van der Waals surface area contributed by atoms with Crippen LogP contribution in [0.3, 0.4) is 0 Å². The van der Waals surface area contributed by atoms with Gasteiger partial charge in [0.2, 0.25) is 5.91 Å². The van der Waals surface area contributed by atoms with Crippen LogP contribution in [0.4, 0.5) is 5.82 Å². The van der Waals surface area contributed by atoms with E-state index in [1.165, 1.54) is 24.3 Å². The number of ether oxygens (including phenoxy) is 2. The minimum absolute atomic E-state index is 0.0397. The van der Waals surface area contributed by atoms with Crippen LogP contribution < -0.4 is 14.8 Å². The number of carbonyl (C=O) groups excluding carboxylic acids is 1. The first-order valence-corrected chi connectivity index (χ1v) is 10.4. The number of anilines is 1.